The number of furan rings is 1. The molecule has 0 radical (unpaired) electrons. The minimum atomic E-state index is -0.308. The van der Waals surface area contributed by atoms with Gasteiger partial charge >= 0.3 is 6.03 Å². The fourth-order valence-corrected chi connectivity index (χ4v) is 2.62. The molecule has 7 heteroatoms. The fourth-order valence-electron chi connectivity index (χ4n) is 2.62. The van der Waals surface area contributed by atoms with Gasteiger partial charge in [-0.2, -0.15) is 0 Å². The van der Waals surface area contributed by atoms with Crippen molar-refractivity contribution in [2.75, 3.05) is 23.8 Å². The molecule has 1 fully saturated rings. The number of carbonyl (C=O) groups is 2. The van der Waals surface area contributed by atoms with E-state index in [9.17, 15) is 9.59 Å². The second-order valence-corrected chi connectivity index (χ2v) is 5.93. The number of rotatable bonds is 5. The maximum absolute atomic E-state index is 12.1. The van der Waals surface area contributed by atoms with Crippen molar-refractivity contribution in [2.24, 2.45) is 0 Å². The van der Waals surface area contributed by atoms with E-state index in [1.807, 2.05) is 0 Å². The molecule has 3 N–H and O–H groups in total. The van der Waals surface area contributed by atoms with Gasteiger partial charge < -0.3 is 25.1 Å². The summed E-state index contributed by atoms with van der Waals surface area (Å²) in [6.45, 7) is 3.07. The smallest absolute Gasteiger partial charge is 0.319 e. The molecule has 1 aliphatic heterocycles. The first-order valence-corrected chi connectivity index (χ1v) is 8.24. The van der Waals surface area contributed by atoms with Crippen LogP contribution in [0, 0.1) is 6.92 Å². The number of aryl methyl sites for hydroxylation is 1. The van der Waals surface area contributed by atoms with Crippen molar-refractivity contribution in [1.82, 2.24) is 5.32 Å². The Bertz CT molecular complexity index is 733. The average Bonchev–Trinajstić information content (AvgIpc) is 3.26. The molecule has 1 unspecified atom stereocenters. The topological polar surface area (TPSA) is 92.6 Å². The molecule has 7 nitrogen and oxygen atoms in total. The number of urea groups is 1. The lowest BCUT2D eigenvalue weighted by Gasteiger charge is -2.12. The lowest BCUT2D eigenvalue weighted by molar-refractivity contribution is 0.0996. The minimum absolute atomic E-state index is 0.105. The van der Waals surface area contributed by atoms with Crippen molar-refractivity contribution in [3.05, 3.63) is 47.9 Å². The molecule has 3 rings (SSSR count). The van der Waals surface area contributed by atoms with E-state index in [2.05, 4.69) is 16.0 Å². The summed E-state index contributed by atoms with van der Waals surface area (Å²) in [5.74, 6) is -0.0202. The lowest BCUT2D eigenvalue weighted by atomic mass is 10.2. The number of carbonyl (C=O) groups excluding carboxylic acids is 2. The third kappa shape index (κ3) is 4.60. The third-order valence-corrected chi connectivity index (χ3v) is 3.98. The predicted molar refractivity (Wildman–Crippen MR) is 93.8 cm³/mol. The molecule has 1 aromatic carbocycles. The zero-order chi connectivity index (χ0) is 17.6. The summed E-state index contributed by atoms with van der Waals surface area (Å²) in [5, 5.41) is 8.28. The van der Waals surface area contributed by atoms with Crippen molar-refractivity contribution in [3.8, 4) is 0 Å². The van der Waals surface area contributed by atoms with Crippen LogP contribution in [0.4, 0.5) is 16.2 Å². The van der Waals surface area contributed by atoms with Crippen LogP contribution in [0.25, 0.3) is 0 Å². The van der Waals surface area contributed by atoms with E-state index in [-0.39, 0.29) is 23.8 Å². The van der Waals surface area contributed by atoms with E-state index in [0.29, 0.717) is 17.9 Å². The molecule has 0 bridgehead atoms. The highest BCUT2D eigenvalue weighted by molar-refractivity contribution is 6.03. The summed E-state index contributed by atoms with van der Waals surface area (Å²) in [5.41, 5.74) is 2.03. The van der Waals surface area contributed by atoms with Crippen molar-refractivity contribution in [2.45, 2.75) is 25.9 Å². The Morgan fingerprint density at radius 2 is 1.84 bits per heavy atom. The van der Waals surface area contributed by atoms with E-state index in [4.69, 9.17) is 9.15 Å². The molecule has 3 amide bonds. The number of ether oxygens (including phenoxy) is 1. The Morgan fingerprint density at radius 1 is 1.12 bits per heavy atom. The standard InChI is InChI=1S/C18H21N3O4/c1-12-8-10-25-16(12)17(22)20-13-4-6-14(7-5-13)21-18(23)19-11-15-3-2-9-24-15/h4-8,10,15H,2-3,9,11H2,1H3,(H,20,22)(H2,19,21,23). The summed E-state index contributed by atoms with van der Waals surface area (Å²) >= 11 is 0. The van der Waals surface area contributed by atoms with E-state index < -0.39 is 0 Å². The van der Waals surface area contributed by atoms with E-state index in [1.54, 1.807) is 37.3 Å². The van der Waals surface area contributed by atoms with Crippen LogP contribution in [0.1, 0.15) is 29.0 Å². The molecule has 1 saturated heterocycles. The molecule has 1 aromatic heterocycles. The Morgan fingerprint density at radius 3 is 2.44 bits per heavy atom. The maximum atomic E-state index is 12.1. The molecule has 25 heavy (non-hydrogen) atoms. The van der Waals surface area contributed by atoms with Crippen LogP contribution >= 0.6 is 0 Å². The molecule has 1 atom stereocenters. The number of nitrogens with one attached hydrogen (secondary N) is 3. The third-order valence-electron chi connectivity index (χ3n) is 3.98. The molecular weight excluding hydrogens is 322 g/mol. The van der Waals surface area contributed by atoms with Crippen LogP contribution < -0.4 is 16.0 Å². The van der Waals surface area contributed by atoms with Crippen LogP contribution in [0.3, 0.4) is 0 Å². The van der Waals surface area contributed by atoms with Gasteiger partial charge in [-0.25, -0.2) is 4.79 Å². The van der Waals surface area contributed by atoms with Gasteiger partial charge in [-0.3, -0.25) is 4.79 Å². The quantitative estimate of drug-likeness (QED) is 0.777. The molecule has 0 saturated carbocycles. The summed E-state index contributed by atoms with van der Waals surface area (Å²) in [6.07, 6.45) is 3.60. The van der Waals surface area contributed by atoms with Crippen LogP contribution in [0.2, 0.25) is 0 Å². The molecule has 0 aliphatic carbocycles. The Labute approximate surface area is 145 Å². The first-order chi connectivity index (χ1) is 12.1. The van der Waals surface area contributed by atoms with Crippen molar-refractivity contribution < 1.29 is 18.7 Å². The molecule has 2 aromatic rings. The molecule has 1 aliphatic rings. The van der Waals surface area contributed by atoms with Gasteiger partial charge in [0.05, 0.1) is 12.4 Å². The van der Waals surface area contributed by atoms with Gasteiger partial charge in [0.2, 0.25) is 0 Å². The van der Waals surface area contributed by atoms with Crippen LogP contribution in [-0.2, 0) is 4.74 Å². The van der Waals surface area contributed by atoms with Gasteiger partial charge in [0.15, 0.2) is 5.76 Å². The van der Waals surface area contributed by atoms with Crippen LogP contribution in [0.15, 0.2) is 41.0 Å². The van der Waals surface area contributed by atoms with Crippen molar-refractivity contribution in [3.63, 3.8) is 0 Å². The average molecular weight is 343 g/mol. The highest BCUT2D eigenvalue weighted by Gasteiger charge is 2.16. The Hall–Kier alpha value is -2.80. The second kappa shape index (κ2) is 7.85. The van der Waals surface area contributed by atoms with E-state index in [0.717, 1.165) is 25.0 Å². The summed E-state index contributed by atoms with van der Waals surface area (Å²) in [7, 11) is 0. The van der Waals surface area contributed by atoms with Gasteiger partial charge in [0, 0.05) is 30.1 Å². The second-order valence-electron chi connectivity index (χ2n) is 5.93. The van der Waals surface area contributed by atoms with Crippen LogP contribution in [0.5, 0.6) is 0 Å². The first kappa shape index (κ1) is 17.0. The van der Waals surface area contributed by atoms with Gasteiger partial charge in [0.25, 0.3) is 5.91 Å². The zero-order valence-electron chi connectivity index (χ0n) is 14.0. The highest BCUT2D eigenvalue weighted by Crippen LogP contribution is 2.16. The largest absolute Gasteiger partial charge is 0.459 e. The number of benzene rings is 1. The van der Waals surface area contributed by atoms with Gasteiger partial charge in [-0.05, 0) is 50.1 Å². The number of hydrogen-bond acceptors (Lipinski definition) is 4. The Balaban J connectivity index is 1.49. The van der Waals surface area contributed by atoms with Crippen molar-refractivity contribution >= 4 is 23.3 Å². The van der Waals surface area contributed by atoms with Crippen molar-refractivity contribution in [1.29, 1.82) is 0 Å². The normalized spacial score (nSPS) is 16.4. The predicted octanol–water partition coefficient (Wildman–Crippen LogP) is 3.14. The van der Waals surface area contributed by atoms with Gasteiger partial charge in [-0.1, -0.05) is 0 Å². The zero-order valence-corrected chi connectivity index (χ0v) is 14.0. The molecule has 132 valence electrons. The monoisotopic (exact) mass is 343 g/mol. The van der Waals surface area contributed by atoms with Gasteiger partial charge in [0.1, 0.15) is 0 Å². The number of hydrogen-bond donors (Lipinski definition) is 3. The molecule has 0 spiro atoms. The molecule has 2 heterocycles. The molecular formula is C18H21N3O4. The number of anilines is 2. The summed E-state index contributed by atoms with van der Waals surface area (Å²) in [6, 6.07) is 8.32. The fraction of sp³-hybridized carbons (Fsp3) is 0.333. The Kier molecular flexibility index (Phi) is 5.35. The SMILES string of the molecule is Cc1ccoc1C(=O)Nc1ccc(NC(=O)NCC2CCCO2)cc1. The first-order valence-electron chi connectivity index (χ1n) is 8.24. The lowest BCUT2D eigenvalue weighted by Crippen LogP contribution is -2.35. The van der Waals surface area contributed by atoms with Crippen LogP contribution in [-0.4, -0.2) is 31.2 Å². The van der Waals surface area contributed by atoms with E-state index in [1.165, 1.54) is 6.26 Å². The highest BCUT2D eigenvalue weighted by atomic mass is 16.5. The van der Waals surface area contributed by atoms with Gasteiger partial charge in [-0.15, -0.1) is 0 Å². The summed E-state index contributed by atoms with van der Waals surface area (Å²) in [4.78, 5) is 23.9. The maximum Gasteiger partial charge on any atom is 0.319 e. The van der Waals surface area contributed by atoms with E-state index >= 15 is 0 Å². The summed E-state index contributed by atoms with van der Waals surface area (Å²) < 4.78 is 10.6. The number of amides is 3. The minimum Gasteiger partial charge on any atom is -0.459 e.